The van der Waals surface area contributed by atoms with Crippen LogP contribution in [0.1, 0.15) is 33.1 Å². The number of halogens is 1. The van der Waals surface area contributed by atoms with E-state index in [-0.39, 0.29) is 0 Å². The summed E-state index contributed by atoms with van der Waals surface area (Å²) in [5.74, 6) is -0.794. The molecule has 0 spiro atoms. The number of aliphatic carboxylic acids is 1. The molecule has 0 aromatic carbocycles. The normalized spacial score (nSPS) is 11.3. The molecular weight excluding hydrogens is 222 g/mol. The van der Waals surface area contributed by atoms with Gasteiger partial charge in [0.05, 0.1) is 0 Å². The average molecular weight is 240 g/mol. The van der Waals surface area contributed by atoms with E-state index in [4.69, 9.17) is 10.8 Å². The molecule has 0 fully saturated rings. The van der Waals surface area contributed by atoms with Crippen LogP contribution >= 0.6 is 15.9 Å². The number of nitrogens with two attached hydrogens (primary N) is 1. The molecule has 12 heavy (non-hydrogen) atoms. The zero-order chi connectivity index (χ0) is 9.98. The minimum atomic E-state index is -0.794. The summed E-state index contributed by atoms with van der Waals surface area (Å²) in [5.41, 5.74) is 5.23. The van der Waals surface area contributed by atoms with E-state index < -0.39 is 10.8 Å². The molecule has 0 aromatic heterocycles. The van der Waals surface area contributed by atoms with E-state index in [9.17, 15) is 4.79 Å². The molecule has 0 radical (unpaired) electrons. The van der Waals surface area contributed by atoms with Crippen LogP contribution in [0.4, 0.5) is 0 Å². The van der Waals surface area contributed by atoms with Crippen molar-refractivity contribution < 1.29 is 9.90 Å². The lowest BCUT2D eigenvalue weighted by molar-refractivity contribution is -0.136. The Kier molecular flexibility index (Phi) is 13.1. The van der Waals surface area contributed by atoms with Gasteiger partial charge in [-0.15, -0.1) is 0 Å². The first kappa shape index (κ1) is 14.4. The van der Waals surface area contributed by atoms with Crippen LogP contribution in [0.15, 0.2) is 0 Å². The molecule has 1 atom stereocenters. The molecule has 0 aliphatic heterocycles. The van der Waals surface area contributed by atoms with Crippen LogP contribution in [0, 0.1) is 0 Å². The highest BCUT2D eigenvalue weighted by molar-refractivity contribution is 9.10. The predicted octanol–water partition coefficient (Wildman–Crippen LogP) is 1.99. The number of rotatable bonds is 5. The first-order chi connectivity index (χ1) is 5.68. The highest BCUT2D eigenvalue weighted by Crippen LogP contribution is 2.08. The van der Waals surface area contributed by atoms with Crippen molar-refractivity contribution in [3.8, 4) is 0 Å². The van der Waals surface area contributed by atoms with Crippen LogP contribution in [0.2, 0.25) is 0 Å². The van der Waals surface area contributed by atoms with E-state index >= 15 is 0 Å². The summed E-state index contributed by atoms with van der Waals surface area (Å²) in [6.45, 7) is 4.64. The second kappa shape index (κ2) is 10.9. The second-order valence-corrected chi connectivity index (χ2v) is 3.20. The Morgan fingerprint density at radius 2 is 2.00 bits per heavy atom. The zero-order valence-corrected chi connectivity index (χ0v) is 9.30. The fraction of sp³-hybridized carbons (Fsp3) is 0.875. The molecule has 74 valence electrons. The van der Waals surface area contributed by atoms with E-state index in [0.29, 0.717) is 13.0 Å². The summed E-state index contributed by atoms with van der Waals surface area (Å²) in [5, 5.41) is 8.40. The van der Waals surface area contributed by atoms with Crippen LogP contribution in [0.5, 0.6) is 0 Å². The molecule has 3 N–H and O–H groups in total. The largest absolute Gasteiger partial charge is 0.480 e. The van der Waals surface area contributed by atoms with Crippen molar-refractivity contribution in [2.45, 2.75) is 37.9 Å². The Morgan fingerprint density at radius 3 is 2.33 bits per heavy atom. The minimum Gasteiger partial charge on any atom is -0.480 e. The number of unbranched alkanes of at least 4 members (excludes halogenated alkanes) is 1. The number of carboxylic acid groups (broad SMARTS) is 1. The van der Waals surface area contributed by atoms with Gasteiger partial charge in [-0.3, -0.25) is 4.79 Å². The van der Waals surface area contributed by atoms with Gasteiger partial charge in [0, 0.05) is 0 Å². The third kappa shape index (κ3) is 9.91. The maximum Gasteiger partial charge on any atom is 0.317 e. The van der Waals surface area contributed by atoms with Crippen LogP contribution in [-0.2, 0) is 4.79 Å². The van der Waals surface area contributed by atoms with Gasteiger partial charge in [-0.05, 0) is 19.4 Å². The summed E-state index contributed by atoms with van der Waals surface area (Å²) in [7, 11) is 0. The molecular formula is C8H18BrNO2. The van der Waals surface area contributed by atoms with Crippen LogP contribution in [0.3, 0.4) is 0 Å². The minimum absolute atomic E-state index is 0.404. The molecule has 3 nitrogen and oxygen atoms in total. The Labute approximate surface area is 82.5 Å². The predicted molar refractivity (Wildman–Crippen MR) is 54.6 cm³/mol. The first-order valence-electron chi connectivity index (χ1n) is 4.25. The summed E-state index contributed by atoms with van der Waals surface area (Å²) in [6, 6.07) is 0. The summed E-state index contributed by atoms with van der Waals surface area (Å²) in [4.78, 5) is 9.81. The second-order valence-electron chi connectivity index (χ2n) is 2.09. The molecule has 1 unspecified atom stereocenters. The van der Waals surface area contributed by atoms with Crippen molar-refractivity contribution in [2.75, 3.05) is 6.54 Å². The Morgan fingerprint density at radius 1 is 1.50 bits per heavy atom. The fourth-order valence-corrected chi connectivity index (χ4v) is 0.915. The average Bonchev–Trinajstić information content (AvgIpc) is 2.08. The maximum atomic E-state index is 10.2. The van der Waals surface area contributed by atoms with Gasteiger partial charge in [0.1, 0.15) is 4.83 Å². The topological polar surface area (TPSA) is 63.3 Å². The quantitative estimate of drug-likeness (QED) is 0.570. The van der Waals surface area contributed by atoms with Gasteiger partial charge in [0.25, 0.3) is 0 Å². The molecule has 0 heterocycles. The molecule has 0 aromatic rings. The molecule has 0 amide bonds. The van der Waals surface area contributed by atoms with E-state index in [1.165, 1.54) is 0 Å². The van der Waals surface area contributed by atoms with Crippen molar-refractivity contribution in [3.63, 3.8) is 0 Å². The fourth-order valence-electron chi connectivity index (χ4n) is 0.591. The lowest BCUT2D eigenvalue weighted by atomic mass is 10.2. The van der Waals surface area contributed by atoms with Gasteiger partial charge in [0.15, 0.2) is 0 Å². The Balaban J connectivity index is 0. The molecule has 0 bridgehead atoms. The van der Waals surface area contributed by atoms with Gasteiger partial charge in [-0.2, -0.15) is 0 Å². The van der Waals surface area contributed by atoms with Gasteiger partial charge in [-0.1, -0.05) is 36.2 Å². The highest BCUT2D eigenvalue weighted by Gasteiger charge is 2.10. The summed E-state index contributed by atoms with van der Waals surface area (Å²) < 4.78 is 0. The number of carboxylic acids is 1. The van der Waals surface area contributed by atoms with Crippen molar-refractivity contribution in [3.05, 3.63) is 0 Å². The van der Waals surface area contributed by atoms with Gasteiger partial charge in [0.2, 0.25) is 0 Å². The van der Waals surface area contributed by atoms with Crippen LogP contribution in [-0.4, -0.2) is 22.4 Å². The lowest BCUT2D eigenvalue weighted by Crippen LogP contribution is -2.12. The maximum absolute atomic E-state index is 10.2. The zero-order valence-electron chi connectivity index (χ0n) is 7.72. The van der Waals surface area contributed by atoms with E-state index in [1.807, 2.05) is 13.8 Å². The Hall–Kier alpha value is -0.0900. The molecule has 0 aliphatic rings. The van der Waals surface area contributed by atoms with Crippen molar-refractivity contribution in [1.29, 1.82) is 0 Å². The first-order valence-corrected chi connectivity index (χ1v) is 5.17. The van der Waals surface area contributed by atoms with Crippen LogP contribution in [0.25, 0.3) is 0 Å². The van der Waals surface area contributed by atoms with Gasteiger partial charge >= 0.3 is 5.97 Å². The number of hydrogen-bond acceptors (Lipinski definition) is 2. The molecule has 4 heteroatoms. The monoisotopic (exact) mass is 239 g/mol. The third-order valence-corrected chi connectivity index (χ3v) is 2.03. The summed E-state index contributed by atoms with van der Waals surface area (Å²) >= 11 is 3.03. The lowest BCUT2D eigenvalue weighted by Gasteiger charge is -2.01. The van der Waals surface area contributed by atoms with Crippen molar-refractivity contribution >= 4 is 21.9 Å². The van der Waals surface area contributed by atoms with E-state index in [1.54, 1.807) is 0 Å². The van der Waals surface area contributed by atoms with E-state index in [2.05, 4.69) is 15.9 Å². The van der Waals surface area contributed by atoms with Gasteiger partial charge < -0.3 is 10.8 Å². The number of hydrogen-bond donors (Lipinski definition) is 2. The molecule has 0 saturated heterocycles. The molecule has 0 rings (SSSR count). The van der Waals surface area contributed by atoms with Crippen LogP contribution < -0.4 is 5.73 Å². The molecule has 0 aliphatic carbocycles. The van der Waals surface area contributed by atoms with Crippen molar-refractivity contribution in [1.82, 2.24) is 0 Å². The van der Waals surface area contributed by atoms with Crippen molar-refractivity contribution in [2.24, 2.45) is 5.73 Å². The number of carbonyl (C=O) groups is 1. The smallest absolute Gasteiger partial charge is 0.317 e. The van der Waals surface area contributed by atoms with Gasteiger partial charge in [-0.25, -0.2) is 0 Å². The SMILES string of the molecule is CC.NCCCCC(Br)C(=O)O. The Bertz CT molecular complexity index is 109. The van der Waals surface area contributed by atoms with E-state index in [0.717, 1.165) is 12.8 Å². The highest BCUT2D eigenvalue weighted by atomic mass is 79.9. The summed E-state index contributed by atoms with van der Waals surface area (Å²) in [6.07, 6.45) is 2.43. The standard InChI is InChI=1S/C6H12BrNO2.C2H6/c7-5(6(9)10)3-1-2-4-8;1-2/h5H,1-4,8H2,(H,9,10);1-2H3. The molecule has 0 saturated carbocycles. The third-order valence-electron chi connectivity index (χ3n) is 1.18. The number of alkyl halides is 1.